The van der Waals surface area contributed by atoms with Gasteiger partial charge < -0.3 is 10.1 Å². The smallest absolute Gasteiger partial charge is 0.419 e. The van der Waals surface area contributed by atoms with Crippen LogP contribution in [0.15, 0.2) is 24.3 Å². The summed E-state index contributed by atoms with van der Waals surface area (Å²) < 4.78 is 43.9. The van der Waals surface area contributed by atoms with Crippen LogP contribution in [0.25, 0.3) is 0 Å². The summed E-state index contributed by atoms with van der Waals surface area (Å²) in [5, 5.41) is 3.16. The van der Waals surface area contributed by atoms with Crippen molar-refractivity contribution in [2.45, 2.75) is 39.0 Å². The Bertz CT molecular complexity index is 379. The number of benzene rings is 1. The van der Waals surface area contributed by atoms with Crippen molar-refractivity contribution in [3.8, 4) is 5.75 Å². The van der Waals surface area contributed by atoms with E-state index in [-0.39, 0.29) is 11.9 Å². The van der Waals surface area contributed by atoms with Crippen molar-refractivity contribution >= 4 is 0 Å². The summed E-state index contributed by atoms with van der Waals surface area (Å²) >= 11 is 0. The second-order valence-corrected chi connectivity index (χ2v) is 4.35. The summed E-state index contributed by atoms with van der Waals surface area (Å²) in [5.74, 6) is -0.0971. The Balaban J connectivity index is 2.74. The highest BCUT2D eigenvalue weighted by molar-refractivity contribution is 5.35. The number of alkyl halides is 3. The molecular weight excluding hydrogens is 255 g/mol. The second kappa shape index (κ2) is 7.38. The molecule has 108 valence electrons. The highest BCUT2D eigenvalue weighted by atomic mass is 19.4. The summed E-state index contributed by atoms with van der Waals surface area (Å²) in [5.41, 5.74) is -0.719. The third-order valence-corrected chi connectivity index (χ3v) is 2.74. The molecule has 19 heavy (non-hydrogen) atoms. The van der Waals surface area contributed by atoms with Crippen LogP contribution in [0.3, 0.4) is 0 Å². The zero-order valence-electron chi connectivity index (χ0n) is 11.3. The molecule has 0 saturated carbocycles. The van der Waals surface area contributed by atoms with E-state index in [9.17, 15) is 13.2 Å². The Kier molecular flexibility index (Phi) is 6.15. The van der Waals surface area contributed by atoms with Crippen LogP contribution >= 0.6 is 0 Å². The van der Waals surface area contributed by atoms with Crippen molar-refractivity contribution in [2.75, 3.05) is 13.1 Å². The fourth-order valence-corrected chi connectivity index (χ4v) is 1.69. The van der Waals surface area contributed by atoms with Gasteiger partial charge in [-0.2, -0.15) is 13.2 Å². The van der Waals surface area contributed by atoms with Gasteiger partial charge in [0.1, 0.15) is 11.9 Å². The van der Waals surface area contributed by atoms with Crippen LogP contribution in [0.5, 0.6) is 5.75 Å². The number of para-hydroxylation sites is 1. The van der Waals surface area contributed by atoms with Gasteiger partial charge in [0, 0.05) is 6.54 Å². The van der Waals surface area contributed by atoms with Gasteiger partial charge in [0.15, 0.2) is 0 Å². The Hall–Kier alpha value is -1.23. The van der Waals surface area contributed by atoms with Crippen molar-refractivity contribution in [3.63, 3.8) is 0 Å². The summed E-state index contributed by atoms with van der Waals surface area (Å²) in [6.07, 6.45) is -3.00. The van der Waals surface area contributed by atoms with E-state index in [2.05, 4.69) is 5.32 Å². The third kappa shape index (κ3) is 5.11. The molecule has 0 spiro atoms. The zero-order valence-corrected chi connectivity index (χ0v) is 11.3. The van der Waals surface area contributed by atoms with Crippen LogP contribution in [0.2, 0.25) is 0 Å². The molecule has 0 radical (unpaired) electrons. The van der Waals surface area contributed by atoms with Gasteiger partial charge in [0.25, 0.3) is 0 Å². The SMILES string of the molecule is CCCNCC(CC)Oc1ccccc1C(F)(F)F. The van der Waals surface area contributed by atoms with Gasteiger partial charge in [-0.15, -0.1) is 0 Å². The summed E-state index contributed by atoms with van der Waals surface area (Å²) in [6, 6.07) is 5.33. The van der Waals surface area contributed by atoms with Crippen LogP contribution in [-0.4, -0.2) is 19.2 Å². The van der Waals surface area contributed by atoms with E-state index in [4.69, 9.17) is 4.74 Å². The molecule has 1 aromatic carbocycles. The van der Waals surface area contributed by atoms with Crippen molar-refractivity contribution < 1.29 is 17.9 Å². The van der Waals surface area contributed by atoms with Crippen LogP contribution in [0, 0.1) is 0 Å². The number of rotatable bonds is 7. The molecule has 0 aliphatic heterocycles. The highest BCUT2D eigenvalue weighted by Crippen LogP contribution is 2.36. The number of hydrogen-bond donors (Lipinski definition) is 1. The van der Waals surface area contributed by atoms with Crippen LogP contribution < -0.4 is 10.1 Å². The van der Waals surface area contributed by atoms with E-state index >= 15 is 0 Å². The molecule has 0 heterocycles. The number of hydrogen-bond acceptors (Lipinski definition) is 2. The third-order valence-electron chi connectivity index (χ3n) is 2.74. The maximum absolute atomic E-state index is 12.8. The lowest BCUT2D eigenvalue weighted by atomic mass is 10.2. The topological polar surface area (TPSA) is 21.3 Å². The van der Waals surface area contributed by atoms with E-state index in [0.717, 1.165) is 19.0 Å². The summed E-state index contributed by atoms with van der Waals surface area (Å²) in [7, 11) is 0. The molecule has 0 aliphatic rings. The Morgan fingerprint density at radius 3 is 2.47 bits per heavy atom. The molecule has 5 heteroatoms. The standard InChI is InChI=1S/C14H20F3NO/c1-3-9-18-10-11(4-2)19-13-8-6-5-7-12(13)14(15,16)17/h5-8,11,18H,3-4,9-10H2,1-2H3. The molecule has 0 bridgehead atoms. The van der Waals surface area contributed by atoms with E-state index in [1.54, 1.807) is 6.07 Å². The lowest BCUT2D eigenvalue weighted by Gasteiger charge is -2.21. The zero-order chi connectivity index (χ0) is 14.3. The van der Waals surface area contributed by atoms with Crippen molar-refractivity contribution in [3.05, 3.63) is 29.8 Å². The van der Waals surface area contributed by atoms with Crippen molar-refractivity contribution in [1.82, 2.24) is 5.32 Å². The second-order valence-electron chi connectivity index (χ2n) is 4.35. The largest absolute Gasteiger partial charge is 0.488 e. The molecule has 0 fully saturated rings. The monoisotopic (exact) mass is 275 g/mol. The Labute approximate surface area is 112 Å². The Morgan fingerprint density at radius 1 is 1.21 bits per heavy atom. The van der Waals surface area contributed by atoms with Crippen LogP contribution in [0.4, 0.5) is 13.2 Å². The van der Waals surface area contributed by atoms with Gasteiger partial charge in [-0.25, -0.2) is 0 Å². The van der Waals surface area contributed by atoms with E-state index in [1.807, 2.05) is 13.8 Å². The average Bonchev–Trinajstić information content (AvgIpc) is 2.37. The van der Waals surface area contributed by atoms with Crippen LogP contribution in [0.1, 0.15) is 32.3 Å². The minimum absolute atomic E-state index is 0.0971. The minimum atomic E-state index is -4.38. The minimum Gasteiger partial charge on any atom is -0.488 e. The van der Waals surface area contributed by atoms with Gasteiger partial charge in [0.05, 0.1) is 5.56 Å². The van der Waals surface area contributed by atoms with Gasteiger partial charge in [-0.05, 0) is 31.5 Å². The van der Waals surface area contributed by atoms with E-state index in [0.29, 0.717) is 13.0 Å². The molecule has 2 nitrogen and oxygen atoms in total. The molecule has 0 amide bonds. The first kappa shape index (κ1) is 15.8. The first-order chi connectivity index (χ1) is 8.99. The van der Waals surface area contributed by atoms with Gasteiger partial charge in [0.2, 0.25) is 0 Å². The van der Waals surface area contributed by atoms with Crippen molar-refractivity contribution in [2.24, 2.45) is 0 Å². The van der Waals surface area contributed by atoms with E-state index in [1.165, 1.54) is 12.1 Å². The molecular formula is C14H20F3NO. The maximum atomic E-state index is 12.8. The van der Waals surface area contributed by atoms with Crippen LogP contribution in [-0.2, 0) is 6.18 Å². The quantitative estimate of drug-likeness (QED) is 0.763. The first-order valence-corrected chi connectivity index (χ1v) is 6.52. The normalized spacial score (nSPS) is 13.3. The predicted molar refractivity (Wildman–Crippen MR) is 69.3 cm³/mol. The number of nitrogens with one attached hydrogen (secondary N) is 1. The lowest BCUT2D eigenvalue weighted by Crippen LogP contribution is -2.31. The molecule has 1 aromatic rings. The number of halogens is 3. The molecule has 0 saturated heterocycles. The Morgan fingerprint density at radius 2 is 1.89 bits per heavy atom. The fourth-order valence-electron chi connectivity index (χ4n) is 1.69. The van der Waals surface area contributed by atoms with Gasteiger partial charge in [-0.1, -0.05) is 26.0 Å². The predicted octanol–water partition coefficient (Wildman–Crippen LogP) is 3.86. The average molecular weight is 275 g/mol. The molecule has 0 aromatic heterocycles. The van der Waals surface area contributed by atoms with Gasteiger partial charge in [-0.3, -0.25) is 0 Å². The highest BCUT2D eigenvalue weighted by Gasteiger charge is 2.34. The molecule has 1 atom stereocenters. The number of ether oxygens (including phenoxy) is 1. The molecule has 1 N–H and O–H groups in total. The molecule has 1 unspecified atom stereocenters. The van der Waals surface area contributed by atoms with E-state index < -0.39 is 11.7 Å². The fraction of sp³-hybridized carbons (Fsp3) is 0.571. The first-order valence-electron chi connectivity index (χ1n) is 6.52. The molecule has 0 aliphatic carbocycles. The maximum Gasteiger partial charge on any atom is 0.419 e. The van der Waals surface area contributed by atoms with Gasteiger partial charge >= 0.3 is 6.18 Å². The van der Waals surface area contributed by atoms with Crippen molar-refractivity contribution in [1.29, 1.82) is 0 Å². The molecule has 1 rings (SSSR count). The summed E-state index contributed by atoms with van der Waals surface area (Å²) in [6.45, 7) is 5.32. The lowest BCUT2D eigenvalue weighted by molar-refractivity contribution is -0.139. The summed E-state index contributed by atoms with van der Waals surface area (Å²) in [4.78, 5) is 0.